The summed E-state index contributed by atoms with van der Waals surface area (Å²) in [6.45, 7) is 4.80. The minimum atomic E-state index is 0.478. The third kappa shape index (κ3) is 3.74. The Labute approximate surface area is 120 Å². The number of halogens is 1. The van der Waals surface area contributed by atoms with Crippen molar-refractivity contribution in [3.8, 4) is 5.75 Å². The summed E-state index contributed by atoms with van der Waals surface area (Å²) in [5.41, 5.74) is 4.78. The van der Waals surface area contributed by atoms with Crippen molar-refractivity contribution in [3.05, 3.63) is 64.7 Å². The third-order valence-electron chi connectivity index (χ3n) is 3.19. The van der Waals surface area contributed by atoms with Crippen molar-refractivity contribution in [2.75, 3.05) is 0 Å². The van der Waals surface area contributed by atoms with Gasteiger partial charge in [0, 0.05) is 5.56 Å². The van der Waals surface area contributed by atoms with E-state index in [-0.39, 0.29) is 0 Å². The predicted molar refractivity (Wildman–Crippen MR) is 80.9 cm³/mol. The van der Waals surface area contributed by atoms with Gasteiger partial charge < -0.3 is 4.74 Å². The van der Waals surface area contributed by atoms with E-state index < -0.39 is 0 Å². The van der Waals surface area contributed by atoms with Gasteiger partial charge in [-0.05, 0) is 30.5 Å². The molecule has 0 N–H and O–H groups in total. The quantitative estimate of drug-likeness (QED) is 0.707. The fourth-order valence-corrected chi connectivity index (χ4v) is 2.19. The second-order valence-corrected chi connectivity index (χ2v) is 4.97. The predicted octanol–water partition coefficient (Wildman–Crippen LogP) is 4.88. The lowest BCUT2D eigenvalue weighted by atomic mass is 10.1. The number of benzene rings is 2. The molecule has 0 aliphatic heterocycles. The molecule has 0 saturated heterocycles. The maximum absolute atomic E-state index is 5.95. The van der Waals surface area contributed by atoms with Crippen LogP contribution in [0.3, 0.4) is 0 Å². The molecule has 0 spiro atoms. The molecule has 0 aromatic heterocycles. The molecule has 2 aromatic carbocycles. The van der Waals surface area contributed by atoms with E-state index in [1.165, 1.54) is 16.7 Å². The summed E-state index contributed by atoms with van der Waals surface area (Å²) in [4.78, 5) is 0. The van der Waals surface area contributed by atoms with Crippen molar-refractivity contribution < 1.29 is 4.74 Å². The summed E-state index contributed by atoms with van der Waals surface area (Å²) in [6.07, 6.45) is 1.06. The molecular weight excluding hydrogens is 256 g/mol. The minimum Gasteiger partial charge on any atom is -0.489 e. The van der Waals surface area contributed by atoms with Gasteiger partial charge in [0.2, 0.25) is 0 Å². The van der Waals surface area contributed by atoms with Crippen LogP contribution in [0.2, 0.25) is 0 Å². The van der Waals surface area contributed by atoms with Crippen LogP contribution in [0.1, 0.15) is 29.2 Å². The van der Waals surface area contributed by atoms with E-state index >= 15 is 0 Å². The molecule has 2 aromatic rings. The van der Waals surface area contributed by atoms with Crippen LogP contribution in [0, 0.1) is 6.92 Å². The molecule has 0 radical (unpaired) electrons. The highest BCUT2D eigenvalue weighted by Crippen LogP contribution is 2.23. The highest BCUT2D eigenvalue weighted by atomic mass is 35.5. The van der Waals surface area contributed by atoms with Crippen molar-refractivity contribution in [1.82, 2.24) is 0 Å². The molecule has 0 heterocycles. The molecule has 0 bridgehead atoms. The average molecular weight is 275 g/mol. The van der Waals surface area contributed by atoms with Crippen LogP contribution in [0.4, 0.5) is 0 Å². The zero-order chi connectivity index (χ0) is 13.7. The molecule has 0 aliphatic rings. The normalized spacial score (nSPS) is 10.5. The zero-order valence-electron chi connectivity index (χ0n) is 11.4. The van der Waals surface area contributed by atoms with Gasteiger partial charge in [-0.2, -0.15) is 0 Å². The van der Waals surface area contributed by atoms with Crippen LogP contribution >= 0.6 is 11.6 Å². The number of hydrogen-bond acceptors (Lipinski definition) is 1. The topological polar surface area (TPSA) is 9.23 Å². The zero-order valence-corrected chi connectivity index (χ0v) is 12.2. The lowest BCUT2D eigenvalue weighted by molar-refractivity contribution is 0.303. The number of alkyl halides is 1. The van der Waals surface area contributed by atoms with Crippen LogP contribution in [-0.4, -0.2) is 0 Å². The third-order valence-corrected chi connectivity index (χ3v) is 3.47. The summed E-state index contributed by atoms with van der Waals surface area (Å²) in [6, 6.07) is 14.6. The van der Waals surface area contributed by atoms with E-state index in [2.05, 4.69) is 44.2 Å². The Morgan fingerprint density at radius 3 is 2.32 bits per heavy atom. The Hall–Kier alpha value is -1.47. The van der Waals surface area contributed by atoms with Crippen LogP contribution in [0.15, 0.2) is 42.5 Å². The van der Waals surface area contributed by atoms with Gasteiger partial charge in [0.25, 0.3) is 0 Å². The van der Waals surface area contributed by atoms with Gasteiger partial charge in [-0.25, -0.2) is 0 Å². The number of rotatable bonds is 5. The van der Waals surface area contributed by atoms with E-state index in [0.29, 0.717) is 12.5 Å². The lowest BCUT2D eigenvalue weighted by Gasteiger charge is -2.11. The standard InChI is InChI=1S/C17H19ClO/c1-3-14-5-7-15(8-6-14)12-19-17-9-4-13(2)10-16(17)11-18/h4-10H,3,11-12H2,1-2H3. The molecule has 0 unspecified atom stereocenters. The summed E-state index contributed by atoms with van der Waals surface area (Å²) in [5, 5.41) is 0. The van der Waals surface area contributed by atoms with Gasteiger partial charge in [0.15, 0.2) is 0 Å². The van der Waals surface area contributed by atoms with Gasteiger partial charge in [-0.1, -0.05) is 48.9 Å². The Morgan fingerprint density at radius 1 is 1.00 bits per heavy atom. The molecule has 100 valence electrons. The van der Waals surface area contributed by atoms with Crippen molar-refractivity contribution >= 4 is 11.6 Å². The highest BCUT2D eigenvalue weighted by molar-refractivity contribution is 6.17. The fraction of sp³-hybridized carbons (Fsp3) is 0.294. The van der Waals surface area contributed by atoms with Crippen LogP contribution < -0.4 is 4.74 Å². The fourth-order valence-electron chi connectivity index (χ4n) is 1.99. The summed E-state index contributed by atoms with van der Waals surface area (Å²) >= 11 is 5.95. The van der Waals surface area contributed by atoms with Crippen LogP contribution in [-0.2, 0) is 18.9 Å². The largest absolute Gasteiger partial charge is 0.489 e. The van der Waals surface area contributed by atoms with Crippen molar-refractivity contribution in [2.24, 2.45) is 0 Å². The van der Waals surface area contributed by atoms with Gasteiger partial charge in [0.1, 0.15) is 12.4 Å². The van der Waals surface area contributed by atoms with Crippen molar-refractivity contribution in [3.63, 3.8) is 0 Å². The number of ether oxygens (including phenoxy) is 1. The first-order chi connectivity index (χ1) is 9.22. The van der Waals surface area contributed by atoms with Crippen molar-refractivity contribution in [2.45, 2.75) is 32.8 Å². The molecule has 0 atom stereocenters. The van der Waals surface area contributed by atoms with E-state index in [1.807, 2.05) is 12.1 Å². The molecule has 2 rings (SSSR count). The smallest absolute Gasteiger partial charge is 0.124 e. The monoisotopic (exact) mass is 274 g/mol. The summed E-state index contributed by atoms with van der Waals surface area (Å²) < 4.78 is 5.86. The minimum absolute atomic E-state index is 0.478. The van der Waals surface area contributed by atoms with Gasteiger partial charge >= 0.3 is 0 Å². The first-order valence-corrected chi connectivity index (χ1v) is 7.12. The molecule has 2 heteroatoms. The Morgan fingerprint density at radius 2 is 1.68 bits per heavy atom. The van der Waals surface area contributed by atoms with Crippen molar-refractivity contribution in [1.29, 1.82) is 0 Å². The Balaban J connectivity index is 2.05. The molecule has 0 aliphatic carbocycles. The van der Waals surface area contributed by atoms with Crippen LogP contribution in [0.5, 0.6) is 5.75 Å². The molecular formula is C17H19ClO. The molecule has 19 heavy (non-hydrogen) atoms. The van der Waals surface area contributed by atoms with Gasteiger partial charge in [-0.15, -0.1) is 11.6 Å². The molecule has 0 amide bonds. The average Bonchev–Trinajstić information content (AvgIpc) is 2.46. The van der Waals surface area contributed by atoms with E-state index in [1.54, 1.807) is 0 Å². The maximum Gasteiger partial charge on any atom is 0.124 e. The Bertz CT molecular complexity index is 531. The molecule has 1 nitrogen and oxygen atoms in total. The first-order valence-electron chi connectivity index (χ1n) is 6.59. The highest BCUT2D eigenvalue weighted by Gasteiger charge is 2.03. The molecule has 0 fully saturated rings. The molecule has 0 saturated carbocycles. The Kier molecular flexibility index (Phi) is 4.86. The number of aryl methyl sites for hydroxylation is 2. The van der Waals surface area contributed by atoms with E-state index in [9.17, 15) is 0 Å². The van der Waals surface area contributed by atoms with E-state index in [0.717, 1.165) is 17.7 Å². The van der Waals surface area contributed by atoms with Gasteiger partial charge in [-0.3, -0.25) is 0 Å². The number of hydrogen-bond donors (Lipinski definition) is 0. The maximum atomic E-state index is 5.95. The SMILES string of the molecule is CCc1ccc(COc2ccc(C)cc2CCl)cc1. The first kappa shape index (κ1) is 14.0. The second kappa shape index (κ2) is 6.63. The lowest BCUT2D eigenvalue weighted by Crippen LogP contribution is -1.98. The van der Waals surface area contributed by atoms with Crippen LogP contribution in [0.25, 0.3) is 0 Å². The second-order valence-electron chi connectivity index (χ2n) is 4.70. The van der Waals surface area contributed by atoms with E-state index in [4.69, 9.17) is 16.3 Å². The summed E-state index contributed by atoms with van der Waals surface area (Å²) in [5.74, 6) is 1.35. The van der Waals surface area contributed by atoms with Gasteiger partial charge in [0.05, 0.1) is 5.88 Å². The summed E-state index contributed by atoms with van der Waals surface area (Å²) in [7, 11) is 0.